The molecule has 2 heterocycles. The number of alkyl halides is 3. The number of unbranched alkanes of at least 4 members (excludes halogenated alkanes) is 5. The summed E-state index contributed by atoms with van der Waals surface area (Å²) in [5.74, 6) is -0.131. The van der Waals surface area contributed by atoms with Gasteiger partial charge in [-0.25, -0.2) is 9.55 Å². The van der Waals surface area contributed by atoms with Gasteiger partial charge in [-0.1, -0.05) is 39.0 Å². The van der Waals surface area contributed by atoms with Crippen molar-refractivity contribution in [1.82, 2.24) is 4.98 Å². The number of thiazole rings is 1. The van der Waals surface area contributed by atoms with Crippen LogP contribution in [0.3, 0.4) is 0 Å². The number of aromatic nitrogens is 2. The van der Waals surface area contributed by atoms with E-state index in [2.05, 4.69) is 17.2 Å². The molecule has 0 unspecified atom stereocenters. The Morgan fingerprint density at radius 1 is 1.09 bits per heavy atom. The lowest BCUT2D eigenvalue weighted by Crippen LogP contribution is -2.26. The van der Waals surface area contributed by atoms with Gasteiger partial charge in [0.15, 0.2) is 17.5 Å². The summed E-state index contributed by atoms with van der Waals surface area (Å²) in [6.45, 7) is 2.43. The second-order valence-corrected chi connectivity index (χ2v) is 8.60. The minimum absolute atomic E-state index is 0.131. The van der Waals surface area contributed by atoms with Crippen LogP contribution in [0.15, 0.2) is 48.1 Å². The largest absolute Gasteiger partial charge is 0.493 e. The zero-order chi connectivity index (χ0) is 23.0. The number of nitrogens with one attached hydrogen (secondary N) is 1. The van der Waals surface area contributed by atoms with Gasteiger partial charge >= 0.3 is 6.18 Å². The van der Waals surface area contributed by atoms with Crippen molar-refractivity contribution in [3.05, 3.63) is 53.7 Å². The first-order chi connectivity index (χ1) is 15.4. The van der Waals surface area contributed by atoms with E-state index in [1.54, 1.807) is 6.07 Å². The molecule has 0 atom stereocenters. The summed E-state index contributed by atoms with van der Waals surface area (Å²) >= 11 is 1.34. The lowest BCUT2D eigenvalue weighted by Gasteiger charge is -2.15. The van der Waals surface area contributed by atoms with Crippen molar-refractivity contribution in [3.63, 3.8) is 0 Å². The number of rotatable bonds is 11. The highest BCUT2D eigenvalue weighted by Gasteiger charge is 2.34. The molecule has 2 aromatic heterocycles. The van der Waals surface area contributed by atoms with Gasteiger partial charge in [0.25, 0.3) is 0 Å². The number of anilines is 2. The third-order valence-electron chi connectivity index (χ3n) is 5.03. The van der Waals surface area contributed by atoms with Crippen molar-refractivity contribution >= 4 is 22.2 Å². The van der Waals surface area contributed by atoms with Gasteiger partial charge in [-0.05, 0) is 30.7 Å². The zero-order valence-corrected chi connectivity index (χ0v) is 19.2. The Kier molecular flexibility index (Phi) is 8.50. The maximum atomic E-state index is 13.6. The summed E-state index contributed by atoms with van der Waals surface area (Å²) in [5.41, 5.74) is 1.25. The molecule has 32 heavy (non-hydrogen) atoms. The number of pyridine rings is 1. The highest BCUT2D eigenvalue weighted by atomic mass is 32.1. The minimum atomic E-state index is -4.50. The predicted octanol–water partition coefficient (Wildman–Crippen LogP) is 7.14. The molecule has 0 saturated carbocycles. The van der Waals surface area contributed by atoms with E-state index in [0.717, 1.165) is 43.0 Å². The number of hydrogen-bond acceptors (Lipinski definition) is 4. The number of hydrogen-bond donors (Lipinski definition) is 1. The van der Waals surface area contributed by atoms with Gasteiger partial charge in [-0.3, -0.25) is 0 Å². The smallest absolute Gasteiger partial charge is 0.420 e. The molecule has 0 saturated heterocycles. The van der Waals surface area contributed by atoms with Crippen molar-refractivity contribution in [1.29, 1.82) is 0 Å². The lowest BCUT2D eigenvalue weighted by atomic mass is 10.1. The number of benzene rings is 1. The minimum Gasteiger partial charge on any atom is -0.493 e. The Morgan fingerprint density at radius 3 is 2.62 bits per heavy atom. The fourth-order valence-corrected chi connectivity index (χ4v) is 4.09. The van der Waals surface area contributed by atoms with Crippen LogP contribution in [0.2, 0.25) is 0 Å². The molecular weight excluding hydrogens is 435 g/mol. The average Bonchev–Trinajstić information content (AvgIpc) is 3.22. The van der Waals surface area contributed by atoms with E-state index in [-0.39, 0.29) is 12.4 Å². The summed E-state index contributed by atoms with van der Waals surface area (Å²) in [6, 6.07) is 7.92. The summed E-state index contributed by atoms with van der Waals surface area (Å²) < 4.78 is 48.3. The van der Waals surface area contributed by atoms with E-state index in [4.69, 9.17) is 4.74 Å². The second kappa shape index (κ2) is 11.3. The number of ether oxygens (including phenoxy) is 1. The molecule has 0 spiro atoms. The average molecular weight is 465 g/mol. The SMILES string of the molecule is CCCCCCCCOc1ccc(Nc2nc(-c3ccc[n+](C)c3)cs2)cc1C(F)(F)F. The summed E-state index contributed by atoms with van der Waals surface area (Å²) in [6.07, 6.45) is 5.68. The van der Waals surface area contributed by atoms with Crippen molar-refractivity contribution in [3.8, 4) is 17.0 Å². The Balaban J connectivity index is 1.65. The summed E-state index contributed by atoms with van der Waals surface area (Å²) in [5, 5.41) is 5.39. The summed E-state index contributed by atoms with van der Waals surface area (Å²) in [7, 11) is 1.92. The van der Waals surface area contributed by atoms with E-state index in [9.17, 15) is 13.2 Å². The van der Waals surface area contributed by atoms with Crippen LogP contribution in [0.1, 0.15) is 51.0 Å². The Labute approximate surface area is 191 Å². The van der Waals surface area contributed by atoms with Crippen LogP contribution in [0.4, 0.5) is 24.0 Å². The Bertz CT molecular complexity index is 1000. The van der Waals surface area contributed by atoms with Crippen molar-refractivity contribution in [2.75, 3.05) is 11.9 Å². The van der Waals surface area contributed by atoms with E-state index in [1.807, 2.05) is 41.5 Å². The molecule has 0 aliphatic carbocycles. The molecule has 0 bridgehead atoms. The number of nitrogens with zero attached hydrogens (tertiary/aromatic N) is 2. The van der Waals surface area contributed by atoms with E-state index >= 15 is 0 Å². The van der Waals surface area contributed by atoms with Gasteiger partial charge in [0.05, 0.1) is 23.4 Å². The molecule has 1 aromatic carbocycles. The van der Waals surface area contributed by atoms with Crippen molar-refractivity contribution in [2.24, 2.45) is 7.05 Å². The molecule has 1 N–H and O–H groups in total. The van der Waals surface area contributed by atoms with Crippen molar-refractivity contribution in [2.45, 2.75) is 51.6 Å². The van der Waals surface area contributed by atoms with Crippen LogP contribution >= 0.6 is 11.3 Å². The van der Waals surface area contributed by atoms with Crippen LogP contribution in [-0.4, -0.2) is 11.6 Å². The third kappa shape index (κ3) is 6.95. The zero-order valence-electron chi connectivity index (χ0n) is 18.4. The standard InChI is InChI=1S/C24H29F3N3OS/c1-3-4-5-6-7-8-14-31-22-12-11-19(15-20(22)24(25,26)27)28-23-29-21(17-32-23)18-10-9-13-30(2)16-18/h9-13,15-17H,3-8,14H2,1-2H3,(H,28,29)/q+1. The number of aryl methyl sites for hydroxylation is 1. The highest BCUT2D eigenvalue weighted by Crippen LogP contribution is 2.39. The highest BCUT2D eigenvalue weighted by molar-refractivity contribution is 7.14. The maximum Gasteiger partial charge on any atom is 0.420 e. The summed E-state index contributed by atoms with van der Waals surface area (Å²) in [4.78, 5) is 4.50. The first kappa shape index (κ1) is 24.0. The van der Waals surface area contributed by atoms with E-state index < -0.39 is 11.7 Å². The molecule has 0 aliphatic rings. The predicted molar refractivity (Wildman–Crippen MR) is 122 cm³/mol. The number of halogens is 3. The molecule has 0 fully saturated rings. The molecule has 8 heteroatoms. The topological polar surface area (TPSA) is 38.0 Å². The van der Waals surface area contributed by atoms with Gasteiger partial charge in [-0.15, -0.1) is 11.3 Å². The monoisotopic (exact) mass is 464 g/mol. The lowest BCUT2D eigenvalue weighted by molar-refractivity contribution is -0.671. The first-order valence-corrected chi connectivity index (χ1v) is 11.8. The maximum absolute atomic E-state index is 13.6. The molecule has 0 amide bonds. The van der Waals surface area contributed by atoms with Crippen LogP contribution in [0.5, 0.6) is 5.75 Å². The van der Waals surface area contributed by atoms with Crippen LogP contribution in [0.25, 0.3) is 11.3 Å². The normalized spacial score (nSPS) is 11.5. The molecule has 4 nitrogen and oxygen atoms in total. The van der Waals surface area contributed by atoms with Gasteiger partial charge in [0.2, 0.25) is 0 Å². The molecule has 172 valence electrons. The van der Waals surface area contributed by atoms with E-state index in [0.29, 0.717) is 10.8 Å². The quantitative estimate of drug-likeness (QED) is 0.242. The molecule has 3 aromatic rings. The van der Waals surface area contributed by atoms with Crippen LogP contribution < -0.4 is 14.6 Å². The van der Waals surface area contributed by atoms with Crippen LogP contribution in [0, 0.1) is 0 Å². The fraction of sp³-hybridized carbons (Fsp3) is 0.417. The molecule has 0 aliphatic heterocycles. The van der Waals surface area contributed by atoms with Gasteiger partial charge in [-0.2, -0.15) is 13.2 Å². The molecular formula is C24H29F3N3OS+. The molecule has 0 radical (unpaired) electrons. The molecule has 3 rings (SSSR count). The van der Waals surface area contributed by atoms with E-state index in [1.165, 1.54) is 30.2 Å². The second-order valence-electron chi connectivity index (χ2n) is 7.75. The first-order valence-electron chi connectivity index (χ1n) is 10.9. The van der Waals surface area contributed by atoms with Gasteiger partial charge in [0, 0.05) is 17.1 Å². The Morgan fingerprint density at radius 2 is 1.88 bits per heavy atom. The van der Waals surface area contributed by atoms with Crippen molar-refractivity contribution < 1.29 is 22.5 Å². The third-order valence-corrected chi connectivity index (χ3v) is 5.79. The Hall–Kier alpha value is -2.61. The van der Waals surface area contributed by atoms with Gasteiger partial charge in [0.1, 0.15) is 12.8 Å². The van der Waals surface area contributed by atoms with Gasteiger partial charge < -0.3 is 10.1 Å². The van der Waals surface area contributed by atoms with Crippen LogP contribution in [-0.2, 0) is 13.2 Å². The fourth-order valence-electron chi connectivity index (χ4n) is 3.35.